The quantitative estimate of drug-likeness (QED) is 0.0288. The summed E-state index contributed by atoms with van der Waals surface area (Å²) in [5.74, 6) is 1.92. The number of amides is 4. The number of urea groups is 1. The molecular formula is C47H64ClN7O9. The molecule has 3 aromatic carbocycles. The number of hydrogen-bond donors (Lipinski definition) is 4. The van der Waals surface area contributed by atoms with Gasteiger partial charge in [0.05, 0.1) is 50.1 Å². The van der Waals surface area contributed by atoms with Gasteiger partial charge < -0.3 is 44.4 Å². The van der Waals surface area contributed by atoms with Crippen LogP contribution in [0.15, 0.2) is 78.9 Å². The van der Waals surface area contributed by atoms with Crippen LogP contribution in [0.4, 0.5) is 25.9 Å². The molecule has 0 unspecified atom stereocenters. The molecule has 0 aliphatic carbocycles. The van der Waals surface area contributed by atoms with E-state index in [9.17, 15) is 14.4 Å². The number of ether oxygens (including phenoxy) is 6. The maximum absolute atomic E-state index is 13.6. The number of alkyl halides is 1. The van der Waals surface area contributed by atoms with Crippen molar-refractivity contribution >= 4 is 52.1 Å². The summed E-state index contributed by atoms with van der Waals surface area (Å²) >= 11 is 5.67. The van der Waals surface area contributed by atoms with Gasteiger partial charge >= 0.3 is 18.2 Å². The van der Waals surface area contributed by atoms with E-state index in [4.69, 9.17) is 45.1 Å². The van der Waals surface area contributed by atoms with Gasteiger partial charge in [0.2, 0.25) is 0 Å². The molecule has 0 radical (unpaired) electrons. The minimum atomic E-state index is -0.616. The topological polar surface area (TPSA) is 176 Å². The van der Waals surface area contributed by atoms with E-state index in [-0.39, 0.29) is 25.2 Å². The Morgan fingerprint density at radius 3 is 2.25 bits per heavy atom. The summed E-state index contributed by atoms with van der Waals surface area (Å²) in [4.78, 5) is 40.3. The van der Waals surface area contributed by atoms with Crippen molar-refractivity contribution in [3.63, 3.8) is 0 Å². The number of fused-ring (bicyclic) bond motifs is 1. The Balaban J connectivity index is 1.04. The number of morpholine rings is 1. The molecule has 348 valence electrons. The zero-order valence-electron chi connectivity index (χ0n) is 37.3. The van der Waals surface area contributed by atoms with E-state index in [2.05, 4.69) is 46.9 Å². The fourth-order valence-corrected chi connectivity index (χ4v) is 6.77. The van der Waals surface area contributed by atoms with Crippen LogP contribution in [-0.4, -0.2) is 124 Å². The van der Waals surface area contributed by atoms with Crippen LogP contribution in [0.2, 0.25) is 0 Å². The first kappa shape index (κ1) is 49.6. The van der Waals surface area contributed by atoms with Crippen LogP contribution in [0.3, 0.4) is 0 Å². The van der Waals surface area contributed by atoms with Gasteiger partial charge in [-0.2, -0.15) is 5.10 Å². The minimum Gasteiger partial charge on any atom is -0.492 e. The predicted molar refractivity (Wildman–Crippen MR) is 249 cm³/mol. The number of rotatable bonds is 25. The van der Waals surface area contributed by atoms with E-state index in [1.54, 1.807) is 16.8 Å². The molecule has 1 aromatic heterocycles. The summed E-state index contributed by atoms with van der Waals surface area (Å²) < 4.78 is 34.7. The lowest BCUT2D eigenvalue weighted by Crippen LogP contribution is -2.38. The number of halogens is 1. The molecule has 17 heteroatoms. The Bertz CT molecular complexity index is 2080. The van der Waals surface area contributed by atoms with Crippen LogP contribution in [0, 0.1) is 0 Å². The molecule has 4 amide bonds. The highest BCUT2D eigenvalue weighted by Crippen LogP contribution is 2.32. The van der Waals surface area contributed by atoms with Gasteiger partial charge in [-0.25, -0.2) is 19.1 Å². The molecule has 0 atom stereocenters. The number of nitrogens with zero attached hydrogens (tertiary/aromatic N) is 3. The van der Waals surface area contributed by atoms with Crippen LogP contribution < -0.4 is 26.0 Å². The smallest absolute Gasteiger partial charge is 0.407 e. The van der Waals surface area contributed by atoms with Crippen LogP contribution >= 0.6 is 11.6 Å². The number of carbonyl (C=O) groups excluding carboxylic acids is 3. The summed E-state index contributed by atoms with van der Waals surface area (Å²) in [5.41, 5.74) is 2.58. The monoisotopic (exact) mass is 905 g/mol. The highest BCUT2D eigenvalue weighted by atomic mass is 35.5. The van der Waals surface area contributed by atoms with E-state index >= 15 is 0 Å². The van der Waals surface area contributed by atoms with Crippen molar-refractivity contribution in [1.82, 2.24) is 25.3 Å². The van der Waals surface area contributed by atoms with Gasteiger partial charge in [-0.1, -0.05) is 70.0 Å². The molecule has 0 spiro atoms. The largest absolute Gasteiger partial charge is 0.492 e. The summed E-state index contributed by atoms with van der Waals surface area (Å²) in [7, 11) is 0. The minimum absolute atomic E-state index is 0.0107. The van der Waals surface area contributed by atoms with Crippen LogP contribution in [0.25, 0.3) is 16.5 Å². The highest BCUT2D eigenvalue weighted by Gasteiger charge is 2.22. The Labute approximate surface area is 381 Å². The first-order valence-corrected chi connectivity index (χ1v) is 22.5. The fraction of sp³-hybridized carbons (Fsp3) is 0.489. The Kier molecular flexibility index (Phi) is 21.0. The summed E-state index contributed by atoms with van der Waals surface area (Å²) in [6.45, 7) is 13.3. The normalized spacial score (nSPS) is 13.2. The summed E-state index contributed by atoms with van der Waals surface area (Å²) in [5, 5.41) is 18.0. The number of nitrogens with one attached hydrogen (secondary N) is 4. The molecule has 64 heavy (non-hydrogen) atoms. The number of anilines is 2. The third-order valence-corrected chi connectivity index (χ3v) is 10.3. The van der Waals surface area contributed by atoms with Crippen molar-refractivity contribution in [2.75, 3.05) is 102 Å². The van der Waals surface area contributed by atoms with Crippen LogP contribution in [0.5, 0.6) is 5.75 Å². The number of hydrogen-bond acceptors (Lipinski definition) is 11. The molecule has 4 aromatic rings. The van der Waals surface area contributed by atoms with Gasteiger partial charge in [-0.15, -0.1) is 11.6 Å². The second kappa shape index (κ2) is 27.1. The van der Waals surface area contributed by atoms with Crippen molar-refractivity contribution in [3.05, 3.63) is 90.1 Å². The van der Waals surface area contributed by atoms with Gasteiger partial charge in [-0.05, 0) is 54.8 Å². The molecule has 1 fully saturated rings. The van der Waals surface area contributed by atoms with Crippen molar-refractivity contribution in [3.8, 4) is 11.4 Å². The Morgan fingerprint density at radius 2 is 1.50 bits per heavy atom. The van der Waals surface area contributed by atoms with E-state index < -0.39 is 18.2 Å². The predicted octanol–water partition coefficient (Wildman–Crippen LogP) is 8.02. The molecule has 5 rings (SSSR count). The molecule has 4 N–H and O–H groups in total. The third-order valence-electron chi connectivity index (χ3n) is 10.1. The maximum Gasteiger partial charge on any atom is 0.407 e. The molecule has 0 saturated carbocycles. The van der Waals surface area contributed by atoms with Crippen LogP contribution in [0.1, 0.15) is 57.7 Å². The standard InChI is InChI=1S/C47H64ClN7O9/c1-47(2,3)42-34-43(52-44(56)51-40-17-18-41(39-16-7-6-15-38(39)40)62-30-23-54-21-28-61-29-22-54)55(53-42)37-14-12-13-36(33-37)35-50-46(58)64-26-11-10-25-63-45(57)49-20-27-60-32-31-59-24-9-5-4-8-19-48/h6-7,10-18,33-34H,4-5,8-9,19-32,35H2,1-3H3,(H,49,57)(H,50,58)(H2,51,52,56)/b11-10-. The van der Waals surface area contributed by atoms with Gasteiger partial charge in [0.15, 0.2) is 0 Å². The van der Waals surface area contributed by atoms with E-state index in [1.165, 1.54) is 0 Å². The fourth-order valence-electron chi connectivity index (χ4n) is 6.58. The average molecular weight is 907 g/mol. The summed E-state index contributed by atoms with van der Waals surface area (Å²) in [6.07, 6.45) is 6.26. The Morgan fingerprint density at radius 1 is 0.781 bits per heavy atom. The summed E-state index contributed by atoms with van der Waals surface area (Å²) in [6, 6.07) is 20.5. The lowest BCUT2D eigenvalue weighted by molar-refractivity contribution is 0.0323. The lowest BCUT2D eigenvalue weighted by Gasteiger charge is -2.26. The molecule has 16 nitrogen and oxygen atoms in total. The van der Waals surface area contributed by atoms with E-state index in [1.807, 2.05) is 66.7 Å². The van der Waals surface area contributed by atoms with Crippen LogP contribution in [-0.2, 0) is 35.6 Å². The Hall–Kier alpha value is -5.39. The first-order chi connectivity index (χ1) is 31.1. The highest BCUT2D eigenvalue weighted by molar-refractivity contribution is 6.17. The van der Waals surface area contributed by atoms with Crippen molar-refractivity contribution in [2.24, 2.45) is 0 Å². The first-order valence-electron chi connectivity index (χ1n) is 22.0. The van der Waals surface area contributed by atoms with Gasteiger partial charge in [-0.3, -0.25) is 10.2 Å². The van der Waals surface area contributed by atoms with Crippen molar-refractivity contribution in [2.45, 2.75) is 58.4 Å². The molecule has 0 bridgehead atoms. The molecule has 2 heterocycles. The number of benzene rings is 3. The third kappa shape index (κ3) is 17.3. The zero-order chi connectivity index (χ0) is 45.4. The second-order valence-electron chi connectivity index (χ2n) is 16.1. The lowest BCUT2D eigenvalue weighted by atomic mass is 9.92. The van der Waals surface area contributed by atoms with Gasteiger partial charge in [0.1, 0.15) is 31.4 Å². The number of aromatic nitrogens is 2. The van der Waals surface area contributed by atoms with E-state index in [0.717, 1.165) is 86.3 Å². The average Bonchev–Trinajstić information content (AvgIpc) is 3.73. The molecule has 1 aliphatic heterocycles. The number of unbranched alkanes of at least 4 members (excludes halogenated alkanes) is 3. The number of alkyl carbamates (subject to hydrolysis) is 2. The van der Waals surface area contributed by atoms with Gasteiger partial charge in [0, 0.05) is 67.5 Å². The number of carbonyl (C=O) groups is 3. The van der Waals surface area contributed by atoms with E-state index in [0.29, 0.717) is 62.7 Å². The molecule has 1 saturated heterocycles. The molecule has 1 aliphatic rings. The van der Waals surface area contributed by atoms with Gasteiger partial charge in [0.25, 0.3) is 0 Å². The zero-order valence-corrected chi connectivity index (χ0v) is 38.1. The SMILES string of the molecule is CC(C)(C)c1cc(NC(=O)Nc2ccc(OCCN3CCOCC3)c3ccccc23)n(-c2cccc(CNC(=O)OC/C=C\COC(=O)NCCOCCOCCCCCCCl)c2)n1. The molecular weight excluding hydrogens is 842 g/mol. The second-order valence-corrected chi connectivity index (χ2v) is 16.4. The van der Waals surface area contributed by atoms with Crippen molar-refractivity contribution < 1.29 is 42.8 Å². The maximum atomic E-state index is 13.6. The van der Waals surface area contributed by atoms with Crippen molar-refractivity contribution in [1.29, 1.82) is 0 Å².